The highest BCUT2D eigenvalue weighted by molar-refractivity contribution is 9.14. The minimum absolute atomic E-state index is 0.614. The SMILES string of the molecule is Nc1c(Br)c(Br)c(N)c(Br)c1Br. The molecule has 0 spiro atoms. The van der Waals surface area contributed by atoms with Crippen LogP contribution in [0.1, 0.15) is 0 Å². The molecular formula is C6H4Br4N2. The van der Waals surface area contributed by atoms with E-state index < -0.39 is 0 Å². The van der Waals surface area contributed by atoms with Gasteiger partial charge in [0, 0.05) is 0 Å². The standard InChI is InChI=1S/C6H4Br4N2/c7-1-2(8)6(12)4(10)3(9)5(1)11/h11-12H2. The lowest BCUT2D eigenvalue weighted by atomic mass is 10.3. The van der Waals surface area contributed by atoms with E-state index in [1.807, 2.05) is 0 Å². The fourth-order valence-electron chi connectivity index (χ4n) is 0.666. The van der Waals surface area contributed by atoms with Crippen molar-refractivity contribution in [3.63, 3.8) is 0 Å². The van der Waals surface area contributed by atoms with Gasteiger partial charge in [-0.3, -0.25) is 0 Å². The number of nitrogens with two attached hydrogens (primary N) is 2. The van der Waals surface area contributed by atoms with Gasteiger partial charge in [0.25, 0.3) is 0 Å². The van der Waals surface area contributed by atoms with E-state index in [9.17, 15) is 0 Å². The predicted molar refractivity (Wildman–Crippen MR) is 66.1 cm³/mol. The fraction of sp³-hybridized carbons (Fsp3) is 0. The average Bonchev–Trinajstić information content (AvgIpc) is 2.08. The normalized spacial score (nSPS) is 10.3. The average molecular weight is 424 g/mol. The van der Waals surface area contributed by atoms with E-state index in [1.165, 1.54) is 0 Å². The van der Waals surface area contributed by atoms with Crippen LogP contribution in [-0.2, 0) is 0 Å². The van der Waals surface area contributed by atoms with Crippen LogP contribution in [0.3, 0.4) is 0 Å². The Morgan fingerprint density at radius 1 is 0.583 bits per heavy atom. The van der Waals surface area contributed by atoms with Crippen molar-refractivity contribution in [3.05, 3.63) is 17.9 Å². The molecule has 1 aromatic carbocycles. The Labute approximate surface area is 104 Å². The van der Waals surface area contributed by atoms with Crippen LogP contribution in [0.4, 0.5) is 11.4 Å². The molecule has 4 N–H and O–H groups in total. The summed E-state index contributed by atoms with van der Waals surface area (Å²) >= 11 is 13.2. The maximum Gasteiger partial charge on any atom is 0.0627 e. The molecule has 1 rings (SSSR count). The first-order valence-corrected chi connectivity index (χ1v) is 6.01. The Morgan fingerprint density at radius 2 is 0.750 bits per heavy atom. The topological polar surface area (TPSA) is 52.0 Å². The maximum atomic E-state index is 5.74. The van der Waals surface area contributed by atoms with Gasteiger partial charge in [-0.25, -0.2) is 0 Å². The minimum Gasteiger partial charge on any atom is -0.397 e. The smallest absolute Gasteiger partial charge is 0.0627 e. The summed E-state index contributed by atoms with van der Waals surface area (Å²) in [6, 6.07) is 0. The van der Waals surface area contributed by atoms with Crippen LogP contribution >= 0.6 is 63.7 Å². The third-order valence-corrected chi connectivity index (χ3v) is 5.69. The molecule has 0 fully saturated rings. The summed E-state index contributed by atoms with van der Waals surface area (Å²) in [6.07, 6.45) is 0. The van der Waals surface area contributed by atoms with Crippen molar-refractivity contribution < 1.29 is 0 Å². The molecule has 1 aromatic rings. The second kappa shape index (κ2) is 3.86. The third-order valence-electron chi connectivity index (χ3n) is 1.33. The zero-order valence-corrected chi connectivity index (χ0v) is 12.0. The van der Waals surface area contributed by atoms with Crippen LogP contribution in [-0.4, -0.2) is 0 Å². The molecule has 0 heterocycles. The van der Waals surface area contributed by atoms with Crippen molar-refractivity contribution in [1.29, 1.82) is 0 Å². The van der Waals surface area contributed by atoms with Gasteiger partial charge < -0.3 is 11.5 Å². The van der Waals surface area contributed by atoms with Gasteiger partial charge in [0.2, 0.25) is 0 Å². The molecule has 0 saturated carbocycles. The first-order valence-electron chi connectivity index (χ1n) is 2.83. The molecule has 0 atom stereocenters. The van der Waals surface area contributed by atoms with E-state index in [-0.39, 0.29) is 0 Å². The Hall–Kier alpha value is 0.740. The van der Waals surface area contributed by atoms with Gasteiger partial charge in [-0.05, 0) is 63.7 Å². The number of halogens is 4. The molecule has 12 heavy (non-hydrogen) atoms. The molecule has 0 radical (unpaired) electrons. The first kappa shape index (κ1) is 10.8. The van der Waals surface area contributed by atoms with E-state index in [0.29, 0.717) is 11.4 Å². The fourth-order valence-corrected chi connectivity index (χ4v) is 2.85. The highest BCUT2D eigenvalue weighted by atomic mass is 79.9. The number of hydrogen-bond donors (Lipinski definition) is 2. The second-order valence-electron chi connectivity index (χ2n) is 2.08. The van der Waals surface area contributed by atoms with Gasteiger partial charge in [-0.2, -0.15) is 0 Å². The van der Waals surface area contributed by atoms with Gasteiger partial charge in [-0.1, -0.05) is 0 Å². The molecule has 0 bridgehead atoms. The quantitative estimate of drug-likeness (QED) is 0.491. The van der Waals surface area contributed by atoms with E-state index >= 15 is 0 Å². The number of nitrogen functional groups attached to an aromatic ring is 2. The Kier molecular flexibility index (Phi) is 3.48. The summed E-state index contributed by atoms with van der Waals surface area (Å²) in [5, 5.41) is 0. The van der Waals surface area contributed by atoms with Gasteiger partial charge in [0.15, 0.2) is 0 Å². The number of rotatable bonds is 0. The number of hydrogen-bond acceptors (Lipinski definition) is 2. The van der Waals surface area contributed by atoms with Crippen molar-refractivity contribution in [1.82, 2.24) is 0 Å². The molecular weight excluding hydrogens is 420 g/mol. The second-order valence-corrected chi connectivity index (χ2v) is 5.26. The molecule has 0 aromatic heterocycles. The summed E-state index contributed by atoms with van der Waals surface area (Å²) in [5.41, 5.74) is 12.7. The van der Waals surface area contributed by atoms with Crippen LogP contribution in [0.25, 0.3) is 0 Å². The summed E-state index contributed by atoms with van der Waals surface area (Å²) < 4.78 is 3.04. The molecule has 0 saturated heterocycles. The zero-order valence-electron chi connectivity index (χ0n) is 5.67. The van der Waals surface area contributed by atoms with Gasteiger partial charge in [0.1, 0.15) is 0 Å². The van der Waals surface area contributed by atoms with Crippen molar-refractivity contribution in [2.24, 2.45) is 0 Å². The third kappa shape index (κ3) is 1.66. The molecule has 0 unspecified atom stereocenters. The van der Waals surface area contributed by atoms with Gasteiger partial charge in [0.05, 0.1) is 29.3 Å². The molecule has 0 amide bonds. The lowest BCUT2D eigenvalue weighted by Gasteiger charge is -2.09. The Morgan fingerprint density at radius 3 is 0.917 bits per heavy atom. The largest absolute Gasteiger partial charge is 0.397 e. The van der Waals surface area contributed by atoms with Crippen LogP contribution in [0.2, 0.25) is 0 Å². The molecule has 0 aliphatic carbocycles. The Bertz CT molecular complexity index is 232. The molecule has 0 aliphatic rings. The Balaban J connectivity index is 3.60. The van der Waals surface area contributed by atoms with Crippen LogP contribution < -0.4 is 11.5 Å². The van der Waals surface area contributed by atoms with Gasteiger partial charge in [-0.15, -0.1) is 0 Å². The van der Waals surface area contributed by atoms with Crippen LogP contribution in [0.5, 0.6) is 0 Å². The van der Waals surface area contributed by atoms with Crippen LogP contribution in [0.15, 0.2) is 17.9 Å². The van der Waals surface area contributed by atoms with Crippen LogP contribution in [0, 0.1) is 0 Å². The first-order chi connectivity index (χ1) is 5.46. The van der Waals surface area contributed by atoms with Crippen molar-refractivity contribution in [2.45, 2.75) is 0 Å². The number of anilines is 2. The lowest BCUT2D eigenvalue weighted by molar-refractivity contribution is 1.50. The van der Waals surface area contributed by atoms with E-state index in [1.54, 1.807) is 0 Å². The van der Waals surface area contributed by atoms with E-state index in [2.05, 4.69) is 63.7 Å². The van der Waals surface area contributed by atoms with Crippen molar-refractivity contribution in [2.75, 3.05) is 11.5 Å². The molecule has 2 nitrogen and oxygen atoms in total. The summed E-state index contributed by atoms with van der Waals surface area (Å²) in [6.45, 7) is 0. The summed E-state index contributed by atoms with van der Waals surface area (Å²) in [5.74, 6) is 0. The lowest BCUT2D eigenvalue weighted by Crippen LogP contribution is -1.96. The maximum absolute atomic E-state index is 5.74. The van der Waals surface area contributed by atoms with Crippen molar-refractivity contribution in [3.8, 4) is 0 Å². The highest BCUT2D eigenvalue weighted by Crippen LogP contribution is 2.44. The predicted octanol–water partition coefficient (Wildman–Crippen LogP) is 3.90. The molecule has 66 valence electrons. The van der Waals surface area contributed by atoms with E-state index in [4.69, 9.17) is 11.5 Å². The molecule has 6 heteroatoms. The van der Waals surface area contributed by atoms with E-state index in [0.717, 1.165) is 17.9 Å². The minimum atomic E-state index is 0.614. The summed E-state index contributed by atoms with van der Waals surface area (Å²) in [4.78, 5) is 0. The summed E-state index contributed by atoms with van der Waals surface area (Å²) in [7, 11) is 0. The molecule has 0 aliphatic heterocycles. The highest BCUT2D eigenvalue weighted by Gasteiger charge is 2.14. The zero-order chi connectivity index (χ0) is 9.46. The van der Waals surface area contributed by atoms with Crippen molar-refractivity contribution >= 4 is 75.1 Å². The van der Waals surface area contributed by atoms with Gasteiger partial charge >= 0.3 is 0 Å². The number of benzene rings is 1. The monoisotopic (exact) mass is 420 g/mol.